The molecule has 1 atom stereocenters. The molecule has 2 heterocycles. The van der Waals surface area contributed by atoms with Gasteiger partial charge in [-0.1, -0.05) is 0 Å². The lowest BCUT2D eigenvalue weighted by atomic mass is 10.1. The van der Waals surface area contributed by atoms with Crippen molar-refractivity contribution in [3.63, 3.8) is 0 Å². The molecular weight excluding hydrogens is 341 g/mol. The van der Waals surface area contributed by atoms with Crippen molar-refractivity contribution in [1.82, 2.24) is 4.98 Å². The molecule has 6 nitrogen and oxygen atoms in total. The Hall–Kier alpha value is -1.06. The van der Waals surface area contributed by atoms with Gasteiger partial charge < -0.3 is 0 Å². The Morgan fingerprint density at radius 3 is 2.84 bits per heavy atom. The van der Waals surface area contributed by atoms with E-state index in [1.165, 1.54) is 11.1 Å². The van der Waals surface area contributed by atoms with Crippen molar-refractivity contribution in [2.24, 2.45) is 11.1 Å². The minimum absolute atomic E-state index is 0.0653. The molecule has 2 rings (SSSR count). The standard InChI is InChI=1S/C10H11BrFN3O3S/c11-7-3-14-9(2-8(7)12)15-4-6(1-10(15)16)5-19(13,17)18/h2-3,6H,1,4-5H2,(H2,13,17,18). The zero-order valence-electron chi connectivity index (χ0n) is 9.71. The molecule has 0 spiro atoms. The Bertz CT molecular complexity index is 622. The van der Waals surface area contributed by atoms with Crippen LogP contribution in [0.25, 0.3) is 0 Å². The van der Waals surface area contributed by atoms with Gasteiger partial charge in [-0.25, -0.2) is 22.9 Å². The number of amides is 1. The van der Waals surface area contributed by atoms with Crippen LogP contribution in [0.15, 0.2) is 16.7 Å². The van der Waals surface area contributed by atoms with E-state index in [4.69, 9.17) is 5.14 Å². The van der Waals surface area contributed by atoms with Crippen LogP contribution < -0.4 is 10.0 Å². The van der Waals surface area contributed by atoms with Crippen LogP contribution in [0.1, 0.15) is 6.42 Å². The highest BCUT2D eigenvalue weighted by atomic mass is 79.9. The number of nitrogens with two attached hydrogens (primary N) is 1. The van der Waals surface area contributed by atoms with Gasteiger partial charge in [0.2, 0.25) is 15.9 Å². The van der Waals surface area contributed by atoms with E-state index < -0.39 is 21.8 Å². The van der Waals surface area contributed by atoms with Gasteiger partial charge in [0.1, 0.15) is 11.6 Å². The third-order valence-corrected chi connectivity index (χ3v) is 4.26. The van der Waals surface area contributed by atoms with E-state index >= 15 is 0 Å². The largest absolute Gasteiger partial charge is 0.296 e. The molecule has 0 saturated carbocycles. The minimum atomic E-state index is -3.63. The lowest BCUT2D eigenvalue weighted by Crippen LogP contribution is -2.28. The monoisotopic (exact) mass is 351 g/mol. The molecule has 9 heteroatoms. The second-order valence-electron chi connectivity index (χ2n) is 4.36. The van der Waals surface area contributed by atoms with Gasteiger partial charge in [0, 0.05) is 31.1 Å². The first-order valence-electron chi connectivity index (χ1n) is 5.38. The molecule has 1 fully saturated rings. The number of primary sulfonamides is 1. The number of anilines is 1. The highest BCUT2D eigenvalue weighted by molar-refractivity contribution is 9.10. The normalized spacial score (nSPS) is 20.1. The van der Waals surface area contributed by atoms with Gasteiger partial charge in [0.25, 0.3) is 0 Å². The molecule has 1 aromatic heterocycles. The second-order valence-corrected chi connectivity index (χ2v) is 6.87. The number of hydrogen-bond acceptors (Lipinski definition) is 4. The maximum atomic E-state index is 13.4. The fourth-order valence-electron chi connectivity index (χ4n) is 1.99. The Kier molecular flexibility index (Phi) is 3.88. The summed E-state index contributed by atoms with van der Waals surface area (Å²) in [7, 11) is -3.63. The minimum Gasteiger partial charge on any atom is -0.296 e. The lowest BCUT2D eigenvalue weighted by molar-refractivity contribution is -0.117. The molecule has 2 N–H and O–H groups in total. The third kappa shape index (κ3) is 3.48. The molecular formula is C10H11BrFN3O3S. The first-order chi connectivity index (χ1) is 8.76. The van der Waals surface area contributed by atoms with Gasteiger partial charge >= 0.3 is 0 Å². The first kappa shape index (κ1) is 14.4. The van der Waals surface area contributed by atoms with Gasteiger partial charge in [0.15, 0.2) is 0 Å². The molecule has 0 aromatic carbocycles. The van der Waals surface area contributed by atoms with Crippen LogP contribution in [-0.2, 0) is 14.8 Å². The summed E-state index contributed by atoms with van der Waals surface area (Å²) in [5.74, 6) is -1.32. The number of nitrogens with zero attached hydrogens (tertiary/aromatic N) is 2. The number of rotatable bonds is 3. The Morgan fingerprint density at radius 1 is 1.58 bits per heavy atom. The summed E-state index contributed by atoms with van der Waals surface area (Å²) in [5, 5.41) is 4.95. The van der Waals surface area contributed by atoms with Gasteiger partial charge in [-0.3, -0.25) is 9.69 Å². The van der Waals surface area contributed by atoms with E-state index in [0.717, 1.165) is 6.07 Å². The summed E-state index contributed by atoms with van der Waals surface area (Å²) in [4.78, 5) is 17.0. The summed E-state index contributed by atoms with van der Waals surface area (Å²) < 4.78 is 35.6. The predicted molar refractivity (Wildman–Crippen MR) is 70.3 cm³/mol. The molecule has 1 aliphatic heterocycles. The average molecular weight is 352 g/mol. The van der Waals surface area contributed by atoms with Crippen LogP contribution in [-0.4, -0.2) is 31.6 Å². The van der Waals surface area contributed by atoms with Crippen molar-refractivity contribution in [2.75, 3.05) is 17.2 Å². The van der Waals surface area contributed by atoms with Crippen LogP contribution >= 0.6 is 15.9 Å². The first-order valence-corrected chi connectivity index (χ1v) is 7.89. The fourth-order valence-corrected chi connectivity index (χ4v) is 3.09. The van der Waals surface area contributed by atoms with E-state index in [9.17, 15) is 17.6 Å². The van der Waals surface area contributed by atoms with E-state index in [1.54, 1.807) is 0 Å². The topological polar surface area (TPSA) is 93.4 Å². The second kappa shape index (κ2) is 5.14. The smallest absolute Gasteiger partial charge is 0.228 e. The van der Waals surface area contributed by atoms with Gasteiger partial charge in [-0.15, -0.1) is 0 Å². The number of hydrogen-bond donors (Lipinski definition) is 1. The molecule has 1 aliphatic rings. The molecule has 1 saturated heterocycles. The van der Waals surface area contributed by atoms with E-state index in [0.29, 0.717) is 0 Å². The summed E-state index contributed by atoms with van der Waals surface area (Å²) in [5.41, 5.74) is 0. The molecule has 1 unspecified atom stereocenters. The molecule has 0 radical (unpaired) electrons. The maximum Gasteiger partial charge on any atom is 0.228 e. The van der Waals surface area contributed by atoms with Crippen molar-refractivity contribution in [1.29, 1.82) is 0 Å². The summed E-state index contributed by atoms with van der Waals surface area (Å²) in [6.45, 7) is 0.170. The highest BCUT2D eigenvalue weighted by Crippen LogP contribution is 2.26. The molecule has 1 aromatic rings. The quantitative estimate of drug-likeness (QED) is 0.863. The van der Waals surface area contributed by atoms with Crippen molar-refractivity contribution in [3.05, 3.63) is 22.6 Å². The zero-order chi connectivity index (χ0) is 14.2. The van der Waals surface area contributed by atoms with Crippen LogP contribution in [0, 0.1) is 11.7 Å². The van der Waals surface area contributed by atoms with Gasteiger partial charge in [-0.05, 0) is 15.9 Å². The maximum absolute atomic E-state index is 13.4. The number of carbonyl (C=O) groups excluding carboxylic acids is 1. The number of halogens is 2. The summed E-state index contributed by atoms with van der Waals surface area (Å²) in [6, 6.07) is 1.13. The van der Waals surface area contributed by atoms with Crippen molar-refractivity contribution in [2.45, 2.75) is 6.42 Å². The molecule has 104 valence electrons. The molecule has 19 heavy (non-hydrogen) atoms. The Morgan fingerprint density at radius 2 is 2.26 bits per heavy atom. The van der Waals surface area contributed by atoms with Crippen molar-refractivity contribution < 1.29 is 17.6 Å². The lowest BCUT2D eigenvalue weighted by Gasteiger charge is -2.15. The molecule has 0 bridgehead atoms. The van der Waals surface area contributed by atoms with E-state index in [-0.39, 0.29) is 34.9 Å². The summed E-state index contributed by atoms with van der Waals surface area (Å²) in [6.07, 6.45) is 1.32. The average Bonchev–Trinajstić information content (AvgIpc) is 2.61. The highest BCUT2D eigenvalue weighted by Gasteiger charge is 2.33. The van der Waals surface area contributed by atoms with E-state index in [2.05, 4.69) is 20.9 Å². The third-order valence-electron chi connectivity index (χ3n) is 2.74. The van der Waals surface area contributed by atoms with Crippen LogP contribution in [0.2, 0.25) is 0 Å². The zero-order valence-corrected chi connectivity index (χ0v) is 12.1. The van der Waals surface area contributed by atoms with Crippen LogP contribution in [0.3, 0.4) is 0 Å². The Balaban J connectivity index is 2.18. The fraction of sp³-hybridized carbons (Fsp3) is 0.400. The van der Waals surface area contributed by atoms with Crippen LogP contribution in [0.4, 0.5) is 10.2 Å². The Labute approximate surface area is 118 Å². The SMILES string of the molecule is NS(=O)(=O)CC1CC(=O)N(c2cc(F)c(Br)cn2)C1. The molecule has 0 aliphatic carbocycles. The summed E-state index contributed by atoms with van der Waals surface area (Å²) >= 11 is 2.97. The van der Waals surface area contributed by atoms with Crippen molar-refractivity contribution in [3.8, 4) is 0 Å². The van der Waals surface area contributed by atoms with Crippen LogP contribution in [0.5, 0.6) is 0 Å². The predicted octanol–water partition coefficient (Wildman–Crippen LogP) is 0.625. The number of pyridine rings is 1. The van der Waals surface area contributed by atoms with E-state index in [1.807, 2.05) is 0 Å². The van der Waals surface area contributed by atoms with Crippen molar-refractivity contribution >= 4 is 37.7 Å². The molecule has 1 amide bonds. The number of aromatic nitrogens is 1. The van der Waals surface area contributed by atoms with Gasteiger partial charge in [-0.2, -0.15) is 0 Å². The number of carbonyl (C=O) groups is 1. The number of sulfonamides is 1. The van der Waals surface area contributed by atoms with Gasteiger partial charge in [0.05, 0.1) is 10.2 Å².